The molecule has 1 unspecified atom stereocenters. The summed E-state index contributed by atoms with van der Waals surface area (Å²) < 4.78 is 13.4. The predicted molar refractivity (Wildman–Crippen MR) is 63.3 cm³/mol. The highest BCUT2D eigenvalue weighted by atomic mass is 19.1. The lowest BCUT2D eigenvalue weighted by atomic mass is 10.1. The Balaban J connectivity index is 2.75. The molecule has 0 aromatic heterocycles. The molecular weight excluding hydrogens is 223 g/mol. The van der Waals surface area contributed by atoms with Crippen molar-refractivity contribution in [2.45, 2.75) is 19.4 Å². The molecule has 1 aromatic carbocycles. The van der Waals surface area contributed by atoms with E-state index in [2.05, 4.69) is 0 Å². The number of hydrogen-bond donors (Lipinski definition) is 2. The van der Waals surface area contributed by atoms with Crippen LogP contribution in [-0.4, -0.2) is 35.5 Å². The van der Waals surface area contributed by atoms with Crippen LogP contribution in [0, 0.1) is 5.82 Å². The first-order valence-electron chi connectivity index (χ1n) is 5.41. The Kier molecular flexibility index (Phi) is 4.45. The smallest absolute Gasteiger partial charge is 0.256 e. The summed E-state index contributed by atoms with van der Waals surface area (Å²) in [5, 5.41) is 9.05. The van der Waals surface area contributed by atoms with Gasteiger partial charge >= 0.3 is 0 Å². The van der Waals surface area contributed by atoms with Crippen LogP contribution < -0.4 is 5.73 Å². The zero-order chi connectivity index (χ0) is 13.0. The number of phenols is 1. The van der Waals surface area contributed by atoms with E-state index in [1.165, 1.54) is 17.0 Å². The zero-order valence-corrected chi connectivity index (χ0v) is 9.98. The van der Waals surface area contributed by atoms with E-state index in [1.807, 2.05) is 6.92 Å². The van der Waals surface area contributed by atoms with E-state index in [0.717, 1.165) is 6.07 Å². The van der Waals surface area contributed by atoms with Gasteiger partial charge in [0.05, 0.1) is 5.56 Å². The van der Waals surface area contributed by atoms with E-state index in [9.17, 15) is 9.18 Å². The monoisotopic (exact) mass is 240 g/mol. The van der Waals surface area contributed by atoms with Crippen molar-refractivity contribution in [3.05, 3.63) is 29.6 Å². The van der Waals surface area contributed by atoms with Gasteiger partial charge in [-0.3, -0.25) is 4.79 Å². The van der Waals surface area contributed by atoms with E-state index >= 15 is 0 Å². The van der Waals surface area contributed by atoms with E-state index in [1.54, 1.807) is 7.05 Å². The summed E-state index contributed by atoms with van der Waals surface area (Å²) in [5.41, 5.74) is 5.54. The average molecular weight is 240 g/mol. The minimum Gasteiger partial charge on any atom is -0.508 e. The van der Waals surface area contributed by atoms with Crippen molar-refractivity contribution in [1.29, 1.82) is 0 Å². The molecule has 17 heavy (non-hydrogen) atoms. The molecule has 4 nitrogen and oxygen atoms in total. The third-order valence-electron chi connectivity index (χ3n) is 2.45. The summed E-state index contributed by atoms with van der Waals surface area (Å²) >= 11 is 0. The van der Waals surface area contributed by atoms with Gasteiger partial charge in [0.2, 0.25) is 0 Å². The lowest BCUT2D eigenvalue weighted by molar-refractivity contribution is 0.0787. The number of hydrogen-bond acceptors (Lipinski definition) is 3. The molecule has 0 fully saturated rings. The molecule has 0 spiro atoms. The molecule has 0 aliphatic heterocycles. The third kappa shape index (κ3) is 3.71. The number of carbonyl (C=O) groups is 1. The number of halogens is 1. The summed E-state index contributed by atoms with van der Waals surface area (Å²) in [6.45, 7) is 2.32. The van der Waals surface area contributed by atoms with Gasteiger partial charge < -0.3 is 15.7 Å². The Bertz CT molecular complexity index is 407. The summed E-state index contributed by atoms with van der Waals surface area (Å²) in [7, 11) is 1.59. The molecule has 0 heterocycles. The maximum absolute atomic E-state index is 13.4. The fourth-order valence-electron chi connectivity index (χ4n) is 1.38. The largest absolute Gasteiger partial charge is 0.508 e. The molecule has 5 heteroatoms. The first kappa shape index (κ1) is 13.4. The summed E-state index contributed by atoms with van der Waals surface area (Å²) in [6, 6.07) is 3.48. The van der Waals surface area contributed by atoms with E-state index in [0.29, 0.717) is 13.0 Å². The van der Waals surface area contributed by atoms with E-state index in [-0.39, 0.29) is 17.4 Å². The number of phenolic OH excluding ortho intramolecular Hbond substituents is 1. The second-order valence-electron chi connectivity index (χ2n) is 4.16. The van der Waals surface area contributed by atoms with Crippen molar-refractivity contribution in [2.75, 3.05) is 13.6 Å². The Labute approximate surface area is 99.8 Å². The highest BCUT2D eigenvalue weighted by Crippen LogP contribution is 2.16. The molecule has 0 aliphatic rings. The molecule has 1 rings (SSSR count). The van der Waals surface area contributed by atoms with Crippen LogP contribution in [0.3, 0.4) is 0 Å². The Morgan fingerprint density at radius 3 is 2.76 bits per heavy atom. The summed E-state index contributed by atoms with van der Waals surface area (Å²) in [4.78, 5) is 13.3. The van der Waals surface area contributed by atoms with Crippen LogP contribution in [0.2, 0.25) is 0 Å². The molecular formula is C12H17FN2O2. The molecule has 0 saturated heterocycles. The topological polar surface area (TPSA) is 66.6 Å². The second kappa shape index (κ2) is 5.63. The minimum absolute atomic E-state index is 0.00471. The number of aromatic hydroxyl groups is 1. The number of amides is 1. The normalized spacial score (nSPS) is 12.2. The maximum Gasteiger partial charge on any atom is 0.256 e. The van der Waals surface area contributed by atoms with Gasteiger partial charge in [-0.25, -0.2) is 4.39 Å². The van der Waals surface area contributed by atoms with Gasteiger partial charge in [0, 0.05) is 25.7 Å². The van der Waals surface area contributed by atoms with Crippen LogP contribution in [0.15, 0.2) is 18.2 Å². The fraction of sp³-hybridized carbons (Fsp3) is 0.417. The van der Waals surface area contributed by atoms with Crippen molar-refractivity contribution in [1.82, 2.24) is 4.90 Å². The quantitative estimate of drug-likeness (QED) is 0.834. The van der Waals surface area contributed by atoms with Crippen molar-refractivity contribution >= 4 is 5.91 Å². The Morgan fingerprint density at radius 2 is 2.24 bits per heavy atom. The zero-order valence-electron chi connectivity index (χ0n) is 9.98. The molecule has 1 amide bonds. The van der Waals surface area contributed by atoms with Gasteiger partial charge in [0.25, 0.3) is 5.91 Å². The molecule has 0 bridgehead atoms. The summed E-state index contributed by atoms with van der Waals surface area (Å²) in [6.07, 6.45) is 0.655. The van der Waals surface area contributed by atoms with Crippen molar-refractivity contribution in [3.8, 4) is 5.75 Å². The first-order valence-corrected chi connectivity index (χ1v) is 5.41. The van der Waals surface area contributed by atoms with Crippen LogP contribution in [-0.2, 0) is 0 Å². The number of rotatable bonds is 4. The molecule has 0 saturated carbocycles. The van der Waals surface area contributed by atoms with Crippen LogP contribution >= 0.6 is 0 Å². The van der Waals surface area contributed by atoms with Crippen LogP contribution in [0.1, 0.15) is 23.7 Å². The number of benzene rings is 1. The fourth-order valence-corrected chi connectivity index (χ4v) is 1.38. The highest BCUT2D eigenvalue weighted by Gasteiger charge is 2.16. The van der Waals surface area contributed by atoms with Crippen molar-refractivity contribution in [2.24, 2.45) is 5.73 Å². The molecule has 94 valence electrons. The van der Waals surface area contributed by atoms with E-state index < -0.39 is 11.7 Å². The average Bonchev–Trinajstić information content (AvgIpc) is 2.25. The third-order valence-corrected chi connectivity index (χ3v) is 2.45. The number of carbonyl (C=O) groups excluding carboxylic acids is 1. The summed E-state index contributed by atoms with van der Waals surface area (Å²) in [5.74, 6) is -1.33. The Morgan fingerprint density at radius 1 is 1.59 bits per heavy atom. The number of nitrogens with two attached hydrogens (primary N) is 1. The lowest BCUT2D eigenvalue weighted by Crippen LogP contribution is -2.31. The van der Waals surface area contributed by atoms with Crippen LogP contribution in [0.4, 0.5) is 4.39 Å². The van der Waals surface area contributed by atoms with Gasteiger partial charge in [0.15, 0.2) is 0 Å². The van der Waals surface area contributed by atoms with Gasteiger partial charge in [0.1, 0.15) is 11.6 Å². The maximum atomic E-state index is 13.4. The van der Waals surface area contributed by atoms with Gasteiger partial charge in [-0.2, -0.15) is 0 Å². The highest BCUT2D eigenvalue weighted by molar-refractivity contribution is 5.94. The lowest BCUT2D eigenvalue weighted by Gasteiger charge is -2.18. The molecule has 0 radical (unpaired) electrons. The van der Waals surface area contributed by atoms with Crippen molar-refractivity contribution < 1.29 is 14.3 Å². The second-order valence-corrected chi connectivity index (χ2v) is 4.16. The van der Waals surface area contributed by atoms with Crippen LogP contribution in [0.25, 0.3) is 0 Å². The molecule has 1 atom stereocenters. The van der Waals surface area contributed by atoms with E-state index in [4.69, 9.17) is 10.8 Å². The predicted octanol–water partition coefficient (Wildman–Crippen LogP) is 1.34. The van der Waals surface area contributed by atoms with Crippen molar-refractivity contribution in [3.63, 3.8) is 0 Å². The standard InChI is InChI=1S/C12H17FN2O2/c1-8(14)5-6-15(2)12(17)10-4-3-9(16)7-11(10)13/h3-4,7-8,16H,5-6,14H2,1-2H3. The molecule has 1 aromatic rings. The van der Waals surface area contributed by atoms with Crippen LogP contribution in [0.5, 0.6) is 5.75 Å². The minimum atomic E-state index is -0.720. The van der Waals surface area contributed by atoms with Gasteiger partial charge in [-0.05, 0) is 25.5 Å². The van der Waals surface area contributed by atoms with Gasteiger partial charge in [-0.15, -0.1) is 0 Å². The Hall–Kier alpha value is -1.62. The SMILES string of the molecule is CC(N)CCN(C)C(=O)c1ccc(O)cc1F. The number of nitrogens with zero attached hydrogens (tertiary/aromatic N) is 1. The van der Waals surface area contributed by atoms with Gasteiger partial charge in [-0.1, -0.05) is 0 Å². The first-order chi connectivity index (χ1) is 7.91. The molecule has 3 N–H and O–H groups in total. The molecule has 0 aliphatic carbocycles.